The molecule has 1 saturated heterocycles. The van der Waals surface area contributed by atoms with Crippen molar-refractivity contribution >= 4 is 0 Å². The fourth-order valence-electron chi connectivity index (χ4n) is 4.93. The molecule has 3 aliphatic rings. The summed E-state index contributed by atoms with van der Waals surface area (Å²) in [7, 11) is 0. The Morgan fingerprint density at radius 3 is 1.63 bits per heavy atom. The van der Waals surface area contributed by atoms with E-state index in [1.165, 1.54) is 22.3 Å². The second-order valence-electron chi connectivity index (χ2n) is 6.45. The van der Waals surface area contributed by atoms with Gasteiger partial charge in [-0.2, -0.15) is 0 Å². The Labute approximate surface area is 113 Å². The Kier molecular flexibility index (Phi) is 1.50. The van der Waals surface area contributed by atoms with E-state index >= 15 is 0 Å². The Morgan fingerprint density at radius 2 is 1.16 bits per heavy atom. The molecule has 0 amide bonds. The van der Waals surface area contributed by atoms with Crippen molar-refractivity contribution in [1.82, 2.24) is 0 Å². The molecule has 2 aromatic carbocycles. The second kappa shape index (κ2) is 2.78. The molecule has 0 aromatic heterocycles. The normalized spacial score (nSPS) is 40.3. The molecule has 0 radical (unpaired) electrons. The van der Waals surface area contributed by atoms with Gasteiger partial charge in [0.25, 0.3) is 0 Å². The van der Waals surface area contributed by atoms with Gasteiger partial charge in [-0.3, -0.25) is 0 Å². The van der Waals surface area contributed by atoms with Crippen LogP contribution >= 0.6 is 0 Å². The van der Waals surface area contributed by atoms with Crippen molar-refractivity contribution in [1.29, 1.82) is 0 Å². The monoisotopic (exact) mass is 248 g/mol. The number of fused-ring (bicyclic) bond motifs is 11. The summed E-state index contributed by atoms with van der Waals surface area (Å²) in [5, 5.41) is 0. The minimum absolute atomic E-state index is 0.135. The lowest BCUT2D eigenvalue weighted by molar-refractivity contribution is -0.0709. The minimum atomic E-state index is -0.135. The fraction of sp³-hybridized carbons (Fsp3) is 0.333. The molecule has 2 unspecified atom stereocenters. The Morgan fingerprint density at radius 1 is 0.737 bits per heavy atom. The van der Waals surface area contributed by atoms with E-state index in [-0.39, 0.29) is 11.2 Å². The van der Waals surface area contributed by atoms with E-state index in [1.54, 1.807) is 0 Å². The molecule has 2 bridgehead atoms. The van der Waals surface area contributed by atoms with E-state index in [0.717, 1.165) is 0 Å². The molecule has 2 aromatic rings. The summed E-state index contributed by atoms with van der Waals surface area (Å²) < 4.78 is 6.59. The van der Waals surface area contributed by atoms with Crippen LogP contribution in [0.4, 0.5) is 0 Å². The van der Waals surface area contributed by atoms with Crippen LogP contribution in [0.5, 0.6) is 0 Å². The quantitative estimate of drug-likeness (QED) is 0.683. The molecule has 0 saturated carbocycles. The highest BCUT2D eigenvalue weighted by atomic mass is 16.5. The zero-order valence-electron chi connectivity index (χ0n) is 11.2. The maximum Gasteiger partial charge on any atom is 0.0994 e. The molecule has 94 valence electrons. The average molecular weight is 248 g/mol. The van der Waals surface area contributed by atoms with Gasteiger partial charge in [-0.25, -0.2) is 0 Å². The van der Waals surface area contributed by atoms with Crippen molar-refractivity contribution in [3.8, 4) is 0 Å². The zero-order chi connectivity index (χ0) is 12.8. The molecule has 0 N–H and O–H groups in total. The second-order valence-corrected chi connectivity index (χ2v) is 6.45. The molecular formula is C18H16O. The van der Waals surface area contributed by atoms with Crippen molar-refractivity contribution < 1.29 is 4.74 Å². The predicted octanol–water partition coefficient (Wildman–Crippen LogP) is 4.04. The zero-order valence-corrected chi connectivity index (χ0v) is 11.2. The maximum atomic E-state index is 6.59. The summed E-state index contributed by atoms with van der Waals surface area (Å²) in [4.78, 5) is 0. The van der Waals surface area contributed by atoms with Crippen molar-refractivity contribution in [3.05, 3.63) is 70.8 Å². The summed E-state index contributed by atoms with van der Waals surface area (Å²) in [5.74, 6) is 1.06. The summed E-state index contributed by atoms with van der Waals surface area (Å²) in [5.41, 5.74) is 5.51. The Hall–Kier alpha value is -1.60. The molecule has 2 aliphatic heterocycles. The summed E-state index contributed by atoms with van der Waals surface area (Å²) >= 11 is 0. The van der Waals surface area contributed by atoms with E-state index in [2.05, 4.69) is 62.4 Å². The largest absolute Gasteiger partial charge is 0.358 e. The average Bonchev–Trinajstić information content (AvgIpc) is 2.74. The number of rotatable bonds is 0. The number of benzene rings is 2. The summed E-state index contributed by atoms with van der Waals surface area (Å²) in [6.45, 7) is 4.55. The Bertz CT molecular complexity index is 659. The highest BCUT2D eigenvalue weighted by molar-refractivity contribution is 5.60. The molecule has 1 fully saturated rings. The first-order valence-electron chi connectivity index (χ1n) is 7.05. The van der Waals surface area contributed by atoms with Crippen LogP contribution in [0.25, 0.3) is 0 Å². The molecule has 1 nitrogen and oxygen atoms in total. The first-order chi connectivity index (χ1) is 9.16. The van der Waals surface area contributed by atoms with Crippen LogP contribution in [-0.2, 0) is 15.9 Å². The van der Waals surface area contributed by atoms with E-state index in [0.29, 0.717) is 11.8 Å². The van der Waals surface area contributed by atoms with Crippen LogP contribution in [0.3, 0.4) is 0 Å². The predicted molar refractivity (Wildman–Crippen MR) is 74.2 cm³/mol. The van der Waals surface area contributed by atoms with Gasteiger partial charge in [-0.1, -0.05) is 48.5 Å². The fourth-order valence-corrected chi connectivity index (χ4v) is 4.93. The van der Waals surface area contributed by atoms with Crippen LogP contribution in [0.15, 0.2) is 48.5 Å². The molecular weight excluding hydrogens is 232 g/mol. The topological polar surface area (TPSA) is 9.23 Å². The highest BCUT2D eigenvalue weighted by Crippen LogP contribution is 2.75. The molecule has 1 aliphatic carbocycles. The van der Waals surface area contributed by atoms with E-state index < -0.39 is 0 Å². The third kappa shape index (κ3) is 0.873. The first kappa shape index (κ1) is 10.2. The third-order valence-electron chi connectivity index (χ3n) is 5.61. The van der Waals surface area contributed by atoms with Gasteiger partial charge in [0.1, 0.15) is 0 Å². The van der Waals surface area contributed by atoms with E-state index in [1.807, 2.05) is 0 Å². The van der Waals surface area contributed by atoms with Crippen molar-refractivity contribution in [2.24, 2.45) is 0 Å². The van der Waals surface area contributed by atoms with E-state index in [9.17, 15) is 0 Å². The standard InChI is InChI=1S/C18H16O/c1-17-13-9-5-6-10-14(13)18(2,19-17)16-12-8-4-3-7-11(12)15(16)17/h3-10,15-16H,1-2H3/t15?,16?,17-,18+. The van der Waals surface area contributed by atoms with Gasteiger partial charge in [-0.15, -0.1) is 0 Å². The highest BCUT2D eigenvalue weighted by Gasteiger charge is 2.70. The number of hydrogen-bond donors (Lipinski definition) is 0. The lowest BCUT2D eigenvalue weighted by Crippen LogP contribution is -2.41. The van der Waals surface area contributed by atoms with Gasteiger partial charge in [0.15, 0.2) is 0 Å². The summed E-state index contributed by atoms with van der Waals surface area (Å²) in [6, 6.07) is 17.6. The SMILES string of the molecule is C[C@]12O[C@](C)(c3ccccc31)C1c3ccccc3C12. The smallest absolute Gasteiger partial charge is 0.0994 e. The van der Waals surface area contributed by atoms with Crippen LogP contribution in [-0.4, -0.2) is 0 Å². The van der Waals surface area contributed by atoms with Crippen molar-refractivity contribution in [2.75, 3.05) is 0 Å². The molecule has 0 spiro atoms. The molecule has 19 heavy (non-hydrogen) atoms. The molecule has 1 heteroatoms. The van der Waals surface area contributed by atoms with Crippen LogP contribution in [0.2, 0.25) is 0 Å². The molecule has 5 rings (SSSR count). The van der Waals surface area contributed by atoms with Gasteiger partial charge in [0.05, 0.1) is 11.2 Å². The van der Waals surface area contributed by atoms with E-state index in [4.69, 9.17) is 4.74 Å². The van der Waals surface area contributed by atoms with Gasteiger partial charge in [0.2, 0.25) is 0 Å². The van der Waals surface area contributed by atoms with Gasteiger partial charge in [-0.05, 0) is 36.1 Å². The summed E-state index contributed by atoms with van der Waals surface area (Å²) in [6.07, 6.45) is 0. The number of hydrogen-bond acceptors (Lipinski definition) is 1. The lowest BCUT2D eigenvalue weighted by atomic mass is 9.53. The Balaban J connectivity index is 1.84. The third-order valence-corrected chi connectivity index (χ3v) is 5.61. The van der Waals surface area contributed by atoms with Crippen LogP contribution in [0.1, 0.15) is 47.9 Å². The number of ether oxygens (including phenoxy) is 1. The molecule has 2 heterocycles. The maximum absolute atomic E-state index is 6.59. The van der Waals surface area contributed by atoms with Gasteiger partial charge in [0, 0.05) is 11.8 Å². The lowest BCUT2D eigenvalue weighted by Gasteiger charge is -2.47. The van der Waals surface area contributed by atoms with Crippen LogP contribution < -0.4 is 0 Å². The van der Waals surface area contributed by atoms with Gasteiger partial charge >= 0.3 is 0 Å². The van der Waals surface area contributed by atoms with Crippen molar-refractivity contribution in [3.63, 3.8) is 0 Å². The minimum Gasteiger partial charge on any atom is -0.358 e. The van der Waals surface area contributed by atoms with Crippen molar-refractivity contribution in [2.45, 2.75) is 36.9 Å². The first-order valence-corrected chi connectivity index (χ1v) is 7.05. The van der Waals surface area contributed by atoms with Crippen LogP contribution in [0, 0.1) is 0 Å². The van der Waals surface area contributed by atoms with Gasteiger partial charge < -0.3 is 4.74 Å². The molecule has 4 atom stereocenters.